The van der Waals surface area contributed by atoms with E-state index in [1.54, 1.807) is 9.58 Å². The smallest absolute Gasteiger partial charge is 0.325 e. The molecule has 1 amide bonds. The number of hydrogen-bond acceptors (Lipinski definition) is 5. The molecule has 0 spiro atoms. The number of benzene rings is 1. The van der Waals surface area contributed by atoms with Crippen molar-refractivity contribution in [2.75, 3.05) is 11.2 Å². The van der Waals surface area contributed by atoms with Crippen molar-refractivity contribution in [3.05, 3.63) is 58.3 Å². The van der Waals surface area contributed by atoms with Gasteiger partial charge in [-0.1, -0.05) is 30.8 Å². The van der Waals surface area contributed by atoms with Crippen LogP contribution in [0.2, 0.25) is 0 Å². The predicted molar refractivity (Wildman–Crippen MR) is 106 cm³/mol. The van der Waals surface area contributed by atoms with Crippen LogP contribution in [-0.4, -0.2) is 22.2 Å². The molecule has 1 aliphatic heterocycles. The van der Waals surface area contributed by atoms with E-state index < -0.39 is 6.17 Å². The number of rotatable bonds is 4. The number of nitrogens with one attached hydrogen (secondary N) is 1. The number of aryl methyl sites for hydroxylation is 1. The number of para-hydroxylation sites is 1. The van der Waals surface area contributed by atoms with E-state index in [9.17, 15) is 9.59 Å². The second-order valence-corrected chi connectivity index (χ2v) is 7.40. The van der Waals surface area contributed by atoms with Crippen molar-refractivity contribution < 1.29 is 13.9 Å². The molecule has 1 aliphatic rings. The number of H-pyrrole nitrogens is 1. The van der Waals surface area contributed by atoms with E-state index in [-0.39, 0.29) is 11.5 Å². The maximum Gasteiger partial charge on any atom is 0.325 e. The summed E-state index contributed by atoms with van der Waals surface area (Å²) >= 11 is 1.34. The molecule has 2 aromatic heterocycles. The molecule has 7 nitrogen and oxygen atoms in total. The summed E-state index contributed by atoms with van der Waals surface area (Å²) in [4.78, 5) is 30.6. The molecule has 0 radical (unpaired) electrons. The molecule has 1 N–H and O–H groups in total. The third-order valence-electron chi connectivity index (χ3n) is 4.70. The number of amides is 1. The summed E-state index contributed by atoms with van der Waals surface area (Å²) < 4.78 is 7.50. The van der Waals surface area contributed by atoms with Gasteiger partial charge in [-0.3, -0.25) is 14.6 Å². The summed E-state index contributed by atoms with van der Waals surface area (Å²) in [6.07, 6.45) is 2.29. The van der Waals surface area contributed by atoms with Gasteiger partial charge in [0.2, 0.25) is 11.1 Å². The predicted octanol–water partition coefficient (Wildman–Crippen LogP) is 3.04. The van der Waals surface area contributed by atoms with Crippen LogP contribution in [0.3, 0.4) is 0 Å². The number of carbonyl (C=O) groups is 1. The first-order valence-electron chi connectivity index (χ1n) is 9.13. The van der Waals surface area contributed by atoms with Crippen LogP contribution in [0.5, 0.6) is 0 Å². The lowest BCUT2D eigenvalue weighted by Crippen LogP contribution is -2.60. The van der Waals surface area contributed by atoms with Crippen molar-refractivity contribution in [2.24, 2.45) is 0 Å². The third kappa shape index (κ3) is 2.93. The Morgan fingerprint density at radius 3 is 2.79 bits per heavy atom. The number of anilines is 1. The number of aromatic amines is 1. The molecule has 144 valence electrons. The monoisotopic (exact) mass is 397 g/mol. The van der Waals surface area contributed by atoms with Gasteiger partial charge in [0.05, 0.1) is 11.3 Å². The Hall–Kier alpha value is -2.87. The minimum Gasteiger partial charge on any atom is -0.457 e. The normalized spacial score (nSPS) is 15.2. The van der Waals surface area contributed by atoms with E-state index in [0.29, 0.717) is 34.3 Å². The highest BCUT2D eigenvalue weighted by molar-refractivity contribution is 7.98. The van der Waals surface area contributed by atoms with E-state index in [0.717, 1.165) is 12.2 Å². The topological polar surface area (TPSA) is 83.1 Å². The molecular formula is C20H21N4O3S+. The van der Waals surface area contributed by atoms with Crippen LogP contribution in [0, 0.1) is 6.92 Å². The van der Waals surface area contributed by atoms with Crippen LogP contribution in [-0.2, 0) is 4.79 Å². The van der Waals surface area contributed by atoms with E-state index in [1.165, 1.54) is 11.8 Å². The zero-order chi connectivity index (χ0) is 19.8. The maximum absolute atomic E-state index is 13.2. The van der Waals surface area contributed by atoms with Gasteiger partial charge >= 0.3 is 17.4 Å². The molecule has 0 saturated carbocycles. The summed E-state index contributed by atoms with van der Waals surface area (Å²) in [5.74, 6) is 1.25. The number of nitrogens with zero attached hydrogens (tertiary/aromatic N) is 3. The van der Waals surface area contributed by atoms with Crippen LogP contribution >= 0.6 is 11.8 Å². The van der Waals surface area contributed by atoms with Gasteiger partial charge in [0.15, 0.2) is 5.76 Å². The molecule has 8 heteroatoms. The molecule has 0 aliphatic carbocycles. The minimum absolute atomic E-state index is 0.0417. The van der Waals surface area contributed by atoms with Gasteiger partial charge in [-0.2, -0.15) is 0 Å². The lowest BCUT2D eigenvalue weighted by molar-refractivity contribution is -0.764. The van der Waals surface area contributed by atoms with Gasteiger partial charge in [-0.25, -0.2) is 4.90 Å². The Morgan fingerprint density at radius 1 is 1.32 bits per heavy atom. The van der Waals surface area contributed by atoms with Crippen molar-refractivity contribution in [1.82, 2.24) is 10.1 Å². The van der Waals surface area contributed by atoms with Crippen molar-refractivity contribution in [2.45, 2.75) is 38.0 Å². The summed E-state index contributed by atoms with van der Waals surface area (Å²) in [5, 5.41) is 5.10. The fourth-order valence-corrected chi connectivity index (χ4v) is 3.88. The summed E-state index contributed by atoms with van der Waals surface area (Å²) in [7, 11) is 0. The number of aromatic nitrogens is 3. The third-order valence-corrected chi connectivity index (χ3v) is 5.27. The number of thioether (sulfide) groups is 1. The highest BCUT2D eigenvalue weighted by Gasteiger charge is 2.47. The Kier molecular flexibility index (Phi) is 4.80. The van der Waals surface area contributed by atoms with Gasteiger partial charge < -0.3 is 4.42 Å². The SMILES string of the molecule is CCCC(=O)N1c2ccccc2-c2c(=O)[nH]c(SC)n[n+]2[C@@H]1c1ccc(C)o1. The van der Waals surface area contributed by atoms with Gasteiger partial charge in [0.1, 0.15) is 5.76 Å². The molecule has 0 fully saturated rings. The number of hydrogen-bond donors (Lipinski definition) is 1. The largest absolute Gasteiger partial charge is 0.457 e. The zero-order valence-corrected chi connectivity index (χ0v) is 16.7. The van der Waals surface area contributed by atoms with Crippen molar-refractivity contribution in [3.63, 3.8) is 0 Å². The Labute approximate surface area is 166 Å². The molecule has 4 rings (SSSR count). The van der Waals surface area contributed by atoms with Crippen LogP contribution in [0.1, 0.15) is 37.5 Å². The van der Waals surface area contributed by atoms with E-state index in [2.05, 4.69) is 10.1 Å². The molecule has 1 aromatic carbocycles. The van der Waals surface area contributed by atoms with Gasteiger partial charge in [0.25, 0.3) is 0 Å². The number of fused-ring (bicyclic) bond motifs is 3. The zero-order valence-electron chi connectivity index (χ0n) is 15.9. The first kappa shape index (κ1) is 18.5. The Balaban J connectivity index is 2.05. The molecule has 0 bridgehead atoms. The fraction of sp³-hybridized carbons (Fsp3) is 0.300. The van der Waals surface area contributed by atoms with Crippen LogP contribution < -0.4 is 15.1 Å². The number of carbonyl (C=O) groups excluding carboxylic acids is 1. The average Bonchev–Trinajstić information content (AvgIpc) is 3.12. The molecule has 28 heavy (non-hydrogen) atoms. The molecule has 0 saturated heterocycles. The maximum atomic E-state index is 13.2. The van der Waals surface area contributed by atoms with Gasteiger partial charge in [-0.05, 0) is 48.5 Å². The number of furan rings is 1. The van der Waals surface area contributed by atoms with Gasteiger partial charge in [0, 0.05) is 11.5 Å². The minimum atomic E-state index is -0.661. The van der Waals surface area contributed by atoms with E-state index in [4.69, 9.17) is 4.42 Å². The standard InChI is InChI=1S/C20H20N4O3S/c1-4-7-16(25)23-14-9-6-5-8-13(14)17-18(26)21-20(28-3)22-24(17)19(23)15-11-10-12(2)27-15/h5-6,8-11,19H,4,7H2,1-3H3/p+1/t19-/m1/s1. The van der Waals surface area contributed by atoms with E-state index >= 15 is 0 Å². The Bertz CT molecular complexity index is 1100. The second kappa shape index (κ2) is 7.27. The van der Waals surface area contributed by atoms with E-state index in [1.807, 2.05) is 56.5 Å². The van der Waals surface area contributed by atoms with Crippen LogP contribution in [0.25, 0.3) is 11.3 Å². The molecule has 0 unspecified atom stereocenters. The lowest BCUT2D eigenvalue weighted by Gasteiger charge is -2.30. The second-order valence-electron chi connectivity index (χ2n) is 6.61. The van der Waals surface area contributed by atoms with Crippen molar-refractivity contribution in [1.29, 1.82) is 0 Å². The highest BCUT2D eigenvalue weighted by Crippen LogP contribution is 2.38. The van der Waals surface area contributed by atoms with Gasteiger partial charge in [-0.15, -0.1) is 0 Å². The first-order valence-corrected chi connectivity index (χ1v) is 10.4. The van der Waals surface area contributed by atoms with Crippen LogP contribution in [0.15, 0.2) is 50.8 Å². The van der Waals surface area contributed by atoms with Crippen LogP contribution in [0.4, 0.5) is 5.69 Å². The first-order chi connectivity index (χ1) is 13.5. The fourth-order valence-electron chi connectivity index (χ4n) is 3.52. The quantitative estimate of drug-likeness (QED) is 0.540. The summed E-state index contributed by atoms with van der Waals surface area (Å²) in [5.41, 5.74) is 1.52. The molecular weight excluding hydrogens is 376 g/mol. The summed E-state index contributed by atoms with van der Waals surface area (Å²) in [6, 6.07) is 11.1. The summed E-state index contributed by atoms with van der Waals surface area (Å²) in [6.45, 7) is 3.82. The van der Waals surface area contributed by atoms with Crippen molar-refractivity contribution >= 4 is 23.4 Å². The van der Waals surface area contributed by atoms with Crippen molar-refractivity contribution in [3.8, 4) is 11.3 Å². The average molecular weight is 397 g/mol. The highest BCUT2D eigenvalue weighted by atomic mass is 32.2. The Morgan fingerprint density at radius 2 is 2.11 bits per heavy atom. The lowest BCUT2D eigenvalue weighted by atomic mass is 10.0. The molecule has 3 heterocycles. The molecule has 3 aromatic rings. The molecule has 1 atom stereocenters.